The van der Waals surface area contributed by atoms with Gasteiger partial charge in [0.2, 0.25) is 5.75 Å². The topological polar surface area (TPSA) is 52.4 Å². The van der Waals surface area contributed by atoms with E-state index < -0.39 is 22.2 Å². The maximum Gasteiger partial charge on any atom is 0.329 e. The highest BCUT2D eigenvalue weighted by Gasteiger charge is 2.21. The molecule has 0 saturated carbocycles. The average molecular weight is 286 g/mol. The fourth-order valence-electron chi connectivity index (χ4n) is 1.43. The number of rotatable bonds is 3. The molecule has 19 heavy (non-hydrogen) atoms. The Morgan fingerprint density at radius 1 is 1.16 bits per heavy atom. The van der Waals surface area contributed by atoms with Crippen molar-refractivity contribution in [3.8, 4) is 11.5 Å². The Kier molecular flexibility index (Phi) is 3.62. The summed E-state index contributed by atoms with van der Waals surface area (Å²) in [7, 11) is 0. The minimum atomic E-state index is -0.964. The number of nitro groups is 1. The third-order valence-corrected chi connectivity index (χ3v) is 2.55. The molecule has 2 rings (SSSR count). The van der Waals surface area contributed by atoms with E-state index in [-0.39, 0.29) is 16.5 Å². The van der Waals surface area contributed by atoms with Gasteiger partial charge >= 0.3 is 5.69 Å². The molecule has 0 aliphatic heterocycles. The van der Waals surface area contributed by atoms with Gasteiger partial charge in [0.1, 0.15) is 10.8 Å². The van der Waals surface area contributed by atoms with Crippen molar-refractivity contribution in [3.63, 3.8) is 0 Å². The molecule has 0 amide bonds. The largest absolute Gasteiger partial charge is 0.447 e. The summed E-state index contributed by atoms with van der Waals surface area (Å²) in [5.74, 6) is -2.28. The predicted octanol–water partition coefficient (Wildman–Crippen LogP) is 4.32. The fraction of sp³-hybridized carbons (Fsp3) is 0. The minimum Gasteiger partial charge on any atom is -0.447 e. The van der Waals surface area contributed by atoms with E-state index >= 15 is 0 Å². The van der Waals surface area contributed by atoms with Crippen molar-refractivity contribution in [1.29, 1.82) is 0 Å². The molecule has 0 saturated heterocycles. The van der Waals surface area contributed by atoms with E-state index in [1.54, 1.807) is 0 Å². The molecule has 0 radical (unpaired) electrons. The minimum absolute atomic E-state index is 0.134. The van der Waals surface area contributed by atoms with Crippen LogP contribution in [0.4, 0.5) is 14.5 Å². The summed E-state index contributed by atoms with van der Waals surface area (Å²) in [6.45, 7) is 0. The van der Waals surface area contributed by atoms with Crippen molar-refractivity contribution >= 4 is 17.3 Å². The molecule has 98 valence electrons. The van der Waals surface area contributed by atoms with E-state index in [9.17, 15) is 18.9 Å². The highest BCUT2D eigenvalue weighted by molar-refractivity contribution is 6.32. The molecular formula is C12H6ClF2NO3. The van der Waals surface area contributed by atoms with Crippen LogP contribution in [0.2, 0.25) is 5.02 Å². The number of halogens is 3. The van der Waals surface area contributed by atoms with Gasteiger partial charge in [-0.05, 0) is 24.3 Å². The molecular weight excluding hydrogens is 280 g/mol. The Morgan fingerprint density at radius 3 is 2.53 bits per heavy atom. The molecule has 0 fully saturated rings. The Hall–Kier alpha value is -2.21. The monoisotopic (exact) mass is 285 g/mol. The van der Waals surface area contributed by atoms with E-state index in [1.165, 1.54) is 18.2 Å². The Bertz CT molecular complexity index is 649. The van der Waals surface area contributed by atoms with Gasteiger partial charge in [-0.25, -0.2) is 8.78 Å². The lowest BCUT2D eigenvalue weighted by atomic mass is 10.3. The summed E-state index contributed by atoms with van der Waals surface area (Å²) in [6, 6.07) is 6.64. The summed E-state index contributed by atoms with van der Waals surface area (Å²) in [4.78, 5) is 10.1. The lowest BCUT2D eigenvalue weighted by Crippen LogP contribution is -1.96. The summed E-state index contributed by atoms with van der Waals surface area (Å²) in [5, 5.41) is 10.7. The van der Waals surface area contributed by atoms with Crippen LogP contribution in [0.25, 0.3) is 0 Å². The van der Waals surface area contributed by atoms with Crippen LogP contribution >= 0.6 is 11.6 Å². The number of nitro benzene ring substituents is 1. The van der Waals surface area contributed by atoms with Crippen molar-refractivity contribution in [2.45, 2.75) is 0 Å². The SMILES string of the molecule is O=[N+]([O-])c1c(Cl)cccc1Oc1ccc(F)cc1F. The van der Waals surface area contributed by atoms with E-state index in [0.29, 0.717) is 6.07 Å². The smallest absolute Gasteiger partial charge is 0.329 e. The van der Waals surface area contributed by atoms with Gasteiger partial charge in [-0.2, -0.15) is 0 Å². The molecule has 0 heterocycles. The summed E-state index contributed by atoms with van der Waals surface area (Å²) in [6.07, 6.45) is 0. The molecule has 0 N–H and O–H groups in total. The Morgan fingerprint density at radius 2 is 1.89 bits per heavy atom. The standard InChI is InChI=1S/C12H6ClF2NO3/c13-8-2-1-3-11(12(8)16(17)18)19-10-5-4-7(14)6-9(10)15/h1-6H. The van der Waals surface area contributed by atoms with Crippen LogP contribution in [-0.2, 0) is 0 Å². The van der Waals surface area contributed by atoms with E-state index in [2.05, 4.69) is 0 Å². The van der Waals surface area contributed by atoms with Crippen molar-refractivity contribution < 1.29 is 18.4 Å². The maximum atomic E-state index is 13.4. The quantitative estimate of drug-likeness (QED) is 0.623. The van der Waals surface area contributed by atoms with Crippen LogP contribution in [0, 0.1) is 21.7 Å². The molecule has 0 bridgehead atoms. The zero-order valence-corrected chi connectivity index (χ0v) is 10.0. The highest BCUT2D eigenvalue weighted by atomic mass is 35.5. The Balaban J connectivity index is 2.44. The van der Waals surface area contributed by atoms with Gasteiger partial charge < -0.3 is 4.74 Å². The number of hydrogen-bond donors (Lipinski definition) is 0. The molecule has 0 unspecified atom stereocenters. The van der Waals surface area contributed by atoms with Crippen LogP contribution in [0.3, 0.4) is 0 Å². The first-order valence-electron chi connectivity index (χ1n) is 5.05. The average Bonchev–Trinajstić information content (AvgIpc) is 2.32. The molecule has 0 aliphatic carbocycles. The fourth-order valence-corrected chi connectivity index (χ4v) is 1.67. The second kappa shape index (κ2) is 5.19. The summed E-state index contributed by atoms with van der Waals surface area (Å²) < 4.78 is 31.2. The number of para-hydroxylation sites is 1. The van der Waals surface area contributed by atoms with Gasteiger partial charge in [-0.3, -0.25) is 10.1 Å². The van der Waals surface area contributed by atoms with Gasteiger partial charge in [-0.15, -0.1) is 0 Å². The van der Waals surface area contributed by atoms with Crippen molar-refractivity contribution in [1.82, 2.24) is 0 Å². The predicted molar refractivity (Wildman–Crippen MR) is 64.5 cm³/mol. The molecule has 7 heteroatoms. The van der Waals surface area contributed by atoms with Crippen LogP contribution in [0.5, 0.6) is 11.5 Å². The van der Waals surface area contributed by atoms with Crippen molar-refractivity contribution in [2.75, 3.05) is 0 Å². The van der Waals surface area contributed by atoms with E-state index in [4.69, 9.17) is 16.3 Å². The van der Waals surface area contributed by atoms with Gasteiger partial charge in [0.25, 0.3) is 0 Å². The van der Waals surface area contributed by atoms with Crippen LogP contribution < -0.4 is 4.74 Å². The van der Waals surface area contributed by atoms with Gasteiger partial charge in [0, 0.05) is 6.07 Å². The van der Waals surface area contributed by atoms with Crippen molar-refractivity contribution in [2.24, 2.45) is 0 Å². The zero-order valence-electron chi connectivity index (χ0n) is 9.27. The molecule has 0 aliphatic rings. The second-order valence-electron chi connectivity index (χ2n) is 3.52. The first-order chi connectivity index (χ1) is 8.99. The molecule has 2 aromatic carbocycles. The molecule has 0 atom stereocenters. The second-order valence-corrected chi connectivity index (χ2v) is 3.93. The number of nitrogens with zero attached hydrogens (tertiary/aromatic N) is 1. The summed E-state index contributed by atoms with van der Waals surface area (Å²) >= 11 is 5.68. The third kappa shape index (κ3) is 2.79. The first kappa shape index (κ1) is 13.2. The molecule has 2 aromatic rings. The zero-order chi connectivity index (χ0) is 14.0. The van der Waals surface area contributed by atoms with Crippen LogP contribution in [0.15, 0.2) is 36.4 Å². The first-order valence-corrected chi connectivity index (χ1v) is 5.42. The van der Waals surface area contributed by atoms with Gasteiger partial charge in [0.05, 0.1) is 4.92 Å². The van der Waals surface area contributed by atoms with Crippen LogP contribution in [-0.4, -0.2) is 4.92 Å². The van der Waals surface area contributed by atoms with Gasteiger partial charge in [-0.1, -0.05) is 17.7 Å². The molecule has 4 nitrogen and oxygen atoms in total. The normalized spacial score (nSPS) is 10.3. The van der Waals surface area contributed by atoms with E-state index in [1.807, 2.05) is 0 Å². The Labute approximate surface area is 111 Å². The number of ether oxygens (including phenoxy) is 1. The lowest BCUT2D eigenvalue weighted by molar-refractivity contribution is -0.385. The summed E-state index contributed by atoms with van der Waals surface area (Å²) in [5.41, 5.74) is -0.479. The van der Waals surface area contributed by atoms with Gasteiger partial charge in [0.15, 0.2) is 11.6 Å². The highest BCUT2D eigenvalue weighted by Crippen LogP contribution is 2.37. The van der Waals surface area contributed by atoms with Crippen molar-refractivity contribution in [3.05, 3.63) is 63.2 Å². The lowest BCUT2D eigenvalue weighted by Gasteiger charge is -2.07. The molecule has 0 spiro atoms. The third-order valence-electron chi connectivity index (χ3n) is 2.25. The number of benzene rings is 2. The number of hydrogen-bond acceptors (Lipinski definition) is 3. The van der Waals surface area contributed by atoms with Crippen LogP contribution in [0.1, 0.15) is 0 Å². The van der Waals surface area contributed by atoms with E-state index in [0.717, 1.165) is 12.1 Å². The molecule has 0 aromatic heterocycles. The maximum absolute atomic E-state index is 13.4.